The van der Waals surface area contributed by atoms with Crippen molar-refractivity contribution in [2.24, 2.45) is 11.8 Å². The van der Waals surface area contributed by atoms with E-state index in [0.29, 0.717) is 53.9 Å². The number of ketones is 1. The summed E-state index contributed by atoms with van der Waals surface area (Å²) in [5, 5.41) is 0.972. The van der Waals surface area contributed by atoms with Crippen LogP contribution in [0, 0.1) is 11.8 Å². The minimum Gasteiger partial charge on any atom is -0.331 e. The highest BCUT2D eigenvalue weighted by Gasteiger charge is 2.45. The fraction of sp³-hybridized carbons (Fsp3) is 0.533. The number of carbonyl (C=O) groups is 2. The van der Waals surface area contributed by atoms with E-state index >= 15 is 0 Å². The largest absolute Gasteiger partial charge is 0.331 e. The van der Waals surface area contributed by atoms with Gasteiger partial charge < -0.3 is 4.90 Å². The molecule has 0 radical (unpaired) electrons. The number of hydrogen-bond donors (Lipinski definition) is 0. The summed E-state index contributed by atoms with van der Waals surface area (Å²) in [5.74, 6) is 1.28. The van der Waals surface area contributed by atoms with Crippen LogP contribution in [0.25, 0.3) is 0 Å². The molecular weight excluding hydrogens is 539 g/mol. The number of amides is 1. The molecule has 2 aliphatic heterocycles. The van der Waals surface area contributed by atoms with E-state index in [1.807, 2.05) is 41.3 Å². The van der Waals surface area contributed by atoms with E-state index in [0.717, 1.165) is 23.4 Å². The van der Waals surface area contributed by atoms with E-state index in [9.17, 15) is 13.8 Å². The van der Waals surface area contributed by atoms with Gasteiger partial charge in [0.1, 0.15) is 0 Å². The Kier molecular flexibility index (Phi) is 10.1. The maximum atomic E-state index is 14.0. The molecule has 5 atom stereocenters. The van der Waals surface area contributed by atoms with E-state index in [2.05, 4.69) is 25.7 Å². The van der Waals surface area contributed by atoms with Crippen molar-refractivity contribution in [3.63, 3.8) is 0 Å². The zero-order chi connectivity index (χ0) is 27.4. The minimum absolute atomic E-state index is 0.0333. The molecule has 2 unspecified atom stereocenters. The first-order valence-electron chi connectivity index (χ1n) is 13.6. The van der Waals surface area contributed by atoms with E-state index in [4.69, 9.17) is 23.2 Å². The topological polar surface area (TPSA) is 57.7 Å². The van der Waals surface area contributed by atoms with Gasteiger partial charge in [0.05, 0.1) is 32.9 Å². The zero-order valence-electron chi connectivity index (χ0n) is 22.4. The second-order valence-electron chi connectivity index (χ2n) is 11.2. The van der Waals surface area contributed by atoms with Gasteiger partial charge in [-0.05, 0) is 67.3 Å². The lowest BCUT2D eigenvalue weighted by Crippen LogP contribution is -2.51. The van der Waals surface area contributed by atoms with Gasteiger partial charge in [-0.1, -0.05) is 68.2 Å². The number of nitrogens with zero attached hydrogens (tertiary/aromatic N) is 2. The van der Waals surface area contributed by atoms with Crippen LogP contribution in [0.5, 0.6) is 0 Å². The second kappa shape index (κ2) is 13.1. The second-order valence-corrected chi connectivity index (χ2v) is 13.5. The van der Waals surface area contributed by atoms with Gasteiger partial charge in [0, 0.05) is 36.2 Å². The molecule has 1 amide bonds. The highest BCUT2D eigenvalue weighted by atomic mass is 35.5. The predicted octanol–water partition coefficient (Wildman–Crippen LogP) is 6.03. The molecule has 0 aliphatic carbocycles. The molecule has 2 fully saturated rings. The average molecular weight is 578 g/mol. The molecule has 4 rings (SSSR count). The Morgan fingerprint density at radius 3 is 2.53 bits per heavy atom. The minimum atomic E-state index is -1.15. The van der Waals surface area contributed by atoms with E-state index < -0.39 is 16.8 Å². The lowest BCUT2D eigenvalue weighted by molar-refractivity contribution is -0.142. The highest BCUT2D eigenvalue weighted by molar-refractivity contribution is 7.85. The van der Waals surface area contributed by atoms with Crippen molar-refractivity contribution >= 4 is 45.7 Å². The van der Waals surface area contributed by atoms with Crippen LogP contribution in [0.15, 0.2) is 53.4 Å². The SMILES string of the molecule is CC(C)C[C@H](C(=O)CCc1ccc(Cl)c(Cl)c1)N1CCC(CS(=O)c2ccccc2)N2C[C@H](C)C[C@H]2C1=O. The average Bonchev–Trinajstić information content (AvgIpc) is 3.24. The van der Waals surface area contributed by atoms with Crippen molar-refractivity contribution in [3.8, 4) is 0 Å². The van der Waals surface area contributed by atoms with Crippen LogP contribution in [-0.4, -0.2) is 62.7 Å². The molecule has 206 valence electrons. The molecule has 2 aromatic rings. The van der Waals surface area contributed by atoms with Crippen LogP contribution < -0.4 is 0 Å². The summed E-state index contributed by atoms with van der Waals surface area (Å²) in [5.41, 5.74) is 0.956. The summed E-state index contributed by atoms with van der Waals surface area (Å²) >= 11 is 12.2. The third-order valence-electron chi connectivity index (χ3n) is 7.73. The van der Waals surface area contributed by atoms with Gasteiger partial charge >= 0.3 is 0 Å². The Labute approximate surface area is 239 Å². The number of fused-ring (bicyclic) bond motifs is 1. The molecule has 2 heterocycles. The number of halogens is 2. The van der Waals surface area contributed by atoms with E-state index in [-0.39, 0.29) is 29.7 Å². The van der Waals surface area contributed by atoms with Crippen LogP contribution in [0.1, 0.15) is 52.0 Å². The summed E-state index contributed by atoms with van der Waals surface area (Å²) in [4.78, 5) is 32.6. The maximum Gasteiger partial charge on any atom is 0.240 e. The standard InChI is InChI=1S/C30H38Cl2N2O3S/c1-20(2)15-27(29(35)12-10-22-9-11-25(31)26(32)17-22)33-14-13-23(19-38(37)24-7-5-4-6-8-24)34-18-21(3)16-28(34)30(33)36/h4-9,11,17,20-21,23,27-28H,10,12-16,18-19H2,1-3H3/t21-,23?,27-,28+,38?/m1/s1. The molecule has 8 heteroatoms. The van der Waals surface area contributed by atoms with Crippen molar-refractivity contribution in [3.05, 3.63) is 64.1 Å². The Bertz CT molecular complexity index is 1160. The van der Waals surface area contributed by atoms with Gasteiger partial charge in [0.25, 0.3) is 0 Å². The molecule has 38 heavy (non-hydrogen) atoms. The van der Waals surface area contributed by atoms with Gasteiger partial charge in [-0.15, -0.1) is 0 Å². The molecule has 0 saturated carbocycles. The third-order valence-corrected chi connectivity index (χ3v) is 9.95. The van der Waals surface area contributed by atoms with E-state index in [1.165, 1.54) is 0 Å². The number of carbonyl (C=O) groups excluding carboxylic acids is 2. The smallest absolute Gasteiger partial charge is 0.240 e. The van der Waals surface area contributed by atoms with Crippen molar-refractivity contribution in [2.45, 2.75) is 75.9 Å². The fourth-order valence-corrected chi connectivity index (χ4v) is 7.50. The lowest BCUT2D eigenvalue weighted by atomic mass is 9.94. The molecule has 2 saturated heterocycles. The normalized spacial score (nSPS) is 23.8. The molecule has 0 aromatic heterocycles. The Morgan fingerprint density at radius 1 is 1.11 bits per heavy atom. The molecule has 5 nitrogen and oxygen atoms in total. The van der Waals surface area contributed by atoms with Gasteiger partial charge in [-0.2, -0.15) is 0 Å². The van der Waals surface area contributed by atoms with Crippen LogP contribution in [0.2, 0.25) is 10.0 Å². The molecule has 0 bridgehead atoms. The van der Waals surface area contributed by atoms with Crippen molar-refractivity contribution < 1.29 is 13.8 Å². The Morgan fingerprint density at radius 2 is 1.84 bits per heavy atom. The number of Topliss-reactive ketones (excluding diaryl/α,β-unsaturated/α-hetero) is 1. The third kappa shape index (κ3) is 7.07. The first-order chi connectivity index (χ1) is 18.1. The van der Waals surface area contributed by atoms with E-state index in [1.54, 1.807) is 12.1 Å². The Balaban J connectivity index is 1.53. The maximum absolute atomic E-state index is 14.0. The van der Waals surface area contributed by atoms with Gasteiger partial charge in [0.15, 0.2) is 5.78 Å². The number of benzene rings is 2. The van der Waals surface area contributed by atoms with Crippen LogP contribution in [0.3, 0.4) is 0 Å². The number of aryl methyl sites for hydroxylation is 1. The quantitative estimate of drug-likeness (QED) is 0.346. The highest BCUT2D eigenvalue weighted by Crippen LogP contribution is 2.33. The predicted molar refractivity (Wildman–Crippen MR) is 155 cm³/mol. The van der Waals surface area contributed by atoms with Crippen LogP contribution in [0.4, 0.5) is 0 Å². The summed E-state index contributed by atoms with van der Waals surface area (Å²) < 4.78 is 13.2. The molecule has 2 aromatic carbocycles. The van der Waals surface area contributed by atoms with Crippen LogP contribution in [-0.2, 0) is 26.8 Å². The number of hydrogen-bond acceptors (Lipinski definition) is 4. The van der Waals surface area contributed by atoms with Crippen molar-refractivity contribution in [1.29, 1.82) is 0 Å². The molecular formula is C30H38Cl2N2O3S. The number of rotatable bonds is 10. The summed E-state index contributed by atoms with van der Waals surface area (Å²) in [7, 11) is -1.15. The van der Waals surface area contributed by atoms with Crippen LogP contribution >= 0.6 is 23.2 Å². The monoisotopic (exact) mass is 576 g/mol. The van der Waals surface area contributed by atoms with Gasteiger partial charge in [-0.3, -0.25) is 18.7 Å². The first kappa shape index (κ1) is 29.3. The molecule has 0 spiro atoms. The Hall–Kier alpha value is -1.73. The summed E-state index contributed by atoms with van der Waals surface area (Å²) in [6, 6.07) is 14.3. The van der Waals surface area contributed by atoms with Crippen molar-refractivity contribution in [1.82, 2.24) is 9.80 Å². The molecule has 2 aliphatic rings. The zero-order valence-corrected chi connectivity index (χ0v) is 24.8. The summed E-state index contributed by atoms with van der Waals surface area (Å²) in [6.45, 7) is 7.69. The van der Waals surface area contributed by atoms with Gasteiger partial charge in [0.2, 0.25) is 5.91 Å². The first-order valence-corrected chi connectivity index (χ1v) is 15.7. The van der Waals surface area contributed by atoms with Gasteiger partial charge in [-0.25, -0.2) is 0 Å². The fourth-order valence-electron chi connectivity index (χ4n) is 5.82. The molecule has 0 N–H and O–H groups in total. The van der Waals surface area contributed by atoms with Crippen molar-refractivity contribution in [2.75, 3.05) is 18.8 Å². The summed E-state index contributed by atoms with van der Waals surface area (Å²) in [6.07, 6.45) is 3.01. The lowest BCUT2D eigenvalue weighted by Gasteiger charge is -2.33.